The zero-order chi connectivity index (χ0) is 16.1. The van der Waals surface area contributed by atoms with Crippen LogP contribution in [-0.4, -0.2) is 29.8 Å². The number of pyridine rings is 1. The first-order valence-electron chi connectivity index (χ1n) is 7.31. The van der Waals surface area contributed by atoms with Gasteiger partial charge in [-0.15, -0.1) is 0 Å². The Morgan fingerprint density at radius 2 is 2.13 bits per heavy atom. The second kappa shape index (κ2) is 6.91. The van der Waals surface area contributed by atoms with Gasteiger partial charge in [-0.05, 0) is 42.0 Å². The van der Waals surface area contributed by atoms with E-state index in [1.165, 1.54) is 0 Å². The van der Waals surface area contributed by atoms with Crippen molar-refractivity contribution >= 4 is 11.6 Å². The number of methoxy groups -OCH3 is 1. The Bertz CT molecular complexity index is 699. The summed E-state index contributed by atoms with van der Waals surface area (Å²) < 4.78 is 5.12. The van der Waals surface area contributed by atoms with Gasteiger partial charge in [0.15, 0.2) is 0 Å². The molecule has 1 amide bonds. The summed E-state index contributed by atoms with van der Waals surface area (Å²) >= 11 is 0. The number of oxime groups is 1. The van der Waals surface area contributed by atoms with Crippen LogP contribution < -0.4 is 10.1 Å². The first kappa shape index (κ1) is 15.0. The van der Waals surface area contributed by atoms with Crippen LogP contribution >= 0.6 is 0 Å². The molecule has 3 rings (SSSR count). The number of amides is 1. The molecule has 0 bridgehead atoms. The van der Waals surface area contributed by atoms with Gasteiger partial charge in [0.05, 0.1) is 25.1 Å². The highest BCUT2D eigenvalue weighted by molar-refractivity contribution is 6.04. The van der Waals surface area contributed by atoms with E-state index in [9.17, 15) is 4.79 Å². The van der Waals surface area contributed by atoms with E-state index in [-0.39, 0.29) is 5.91 Å². The molecule has 2 heterocycles. The first-order chi connectivity index (χ1) is 11.3. The van der Waals surface area contributed by atoms with Crippen LogP contribution in [0.3, 0.4) is 0 Å². The minimum Gasteiger partial charge on any atom is -0.497 e. The molecule has 0 saturated heterocycles. The number of rotatable bonds is 5. The smallest absolute Gasteiger partial charge is 0.264 e. The van der Waals surface area contributed by atoms with Gasteiger partial charge in [-0.25, -0.2) is 0 Å². The van der Waals surface area contributed by atoms with Crippen LogP contribution in [0.5, 0.6) is 5.75 Å². The summed E-state index contributed by atoms with van der Waals surface area (Å²) in [5.74, 6) is 0.584. The molecule has 1 aliphatic heterocycles. The number of carbonyl (C=O) groups is 1. The van der Waals surface area contributed by atoms with E-state index >= 15 is 0 Å². The van der Waals surface area contributed by atoms with Gasteiger partial charge in [-0.1, -0.05) is 11.2 Å². The molecule has 6 heteroatoms. The predicted molar refractivity (Wildman–Crippen MR) is 85.1 cm³/mol. The van der Waals surface area contributed by atoms with Crippen LogP contribution in [0.25, 0.3) is 0 Å². The topological polar surface area (TPSA) is 72.8 Å². The Labute approximate surface area is 134 Å². The highest BCUT2D eigenvalue weighted by atomic mass is 16.6. The van der Waals surface area contributed by atoms with Crippen molar-refractivity contribution in [3.63, 3.8) is 0 Å². The lowest BCUT2D eigenvalue weighted by molar-refractivity contribution is -0.131. The van der Waals surface area contributed by atoms with E-state index < -0.39 is 6.10 Å². The molecule has 23 heavy (non-hydrogen) atoms. The number of hydrogen-bond acceptors (Lipinski definition) is 5. The van der Waals surface area contributed by atoms with E-state index in [1.807, 2.05) is 42.5 Å². The Balaban J connectivity index is 1.54. The number of carbonyl (C=O) groups excluding carboxylic acids is 1. The molecule has 1 atom stereocenters. The second-order valence-electron chi connectivity index (χ2n) is 5.10. The maximum absolute atomic E-state index is 12.1. The maximum Gasteiger partial charge on any atom is 0.264 e. The van der Waals surface area contributed by atoms with Gasteiger partial charge in [0, 0.05) is 12.6 Å². The molecular weight excluding hydrogens is 294 g/mol. The predicted octanol–water partition coefficient (Wildman–Crippen LogP) is 1.90. The number of hydrogen-bond donors (Lipinski definition) is 1. The fourth-order valence-corrected chi connectivity index (χ4v) is 2.27. The van der Waals surface area contributed by atoms with Crippen LogP contribution in [0.2, 0.25) is 0 Å². The van der Waals surface area contributed by atoms with E-state index in [2.05, 4.69) is 15.5 Å². The van der Waals surface area contributed by atoms with Crippen molar-refractivity contribution in [3.05, 3.63) is 59.9 Å². The lowest BCUT2D eigenvalue weighted by Gasteiger charge is -2.09. The summed E-state index contributed by atoms with van der Waals surface area (Å²) in [6.45, 7) is 0.372. The highest BCUT2D eigenvalue weighted by Gasteiger charge is 2.28. The fraction of sp³-hybridized carbons (Fsp3) is 0.235. The van der Waals surface area contributed by atoms with Gasteiger partial charge in [0.1, 0.15) is 5.75 Å². The lowest BCUT2D eigenvalue weighted by atomic mass is 10.0. The van der Waals surface area contributed by atoms with Gasteiger partial charge < -0.3 is 14.9 Å². The Hall–Kier alpha value is -2.89. The minimum atomic E-state index is -0.601. The zero-order valence-electron chi connectivity index (χ0n) is 12.7. The molecule has 1 unspecified atom stereocenters. The van der Waals surface area contributed by atoms with Crippen LogP contribution in [0.1, 0.15) is 17.7 Å². The van der Waals surface area contributed by atoms with Crippen LogP contribution in [0.15, 0.2) is 53.8 Å². The number of aromatic nitrogens is 1. The molecule has 1 aliphatic rings. The molecule has 1 N–H and O–H groups in total. The standard InChI is InChI=1S/C17H17N3O3/c1-22-14-7-5-12(6-8-14)15-10-16(23-20-15)17(21)19-11-13-4-2-3-9-18-13/h2-9,16H,10-11H2,1H3,(H,19,21). The molecule has 1 aromatic heterocycles. The Morgan fingerprint density at radius 3 is 2.83 bits per heavy atom. The van der Waals surface area contributed by atoms with Crippen molar-refractivity contribution < 1.29 is 14.4 Å². The largest absolute Gasteiger partial charge is 0.497 e. The van der Waals surface area contributed by atoms with E-state index in [4.69, 9.17) is 9.57 Å². The van der Waals surface area contributed by atoms with Crippen molar-refractivity contribution in [1.82, 2.24) is 10.3 Å². The minimum absolute atomic E-state index is 0.192. The van der Waals surface area contributed by atoms with Gasteiger partial charge in [-0.2, -0.15) is 0 Å². The summed E-state index contributed by atoms with van der Waals surface area (Å²) in [4.78, 5) is 21.5. The van der Waals surface area contributed by atoms with E-state index in [1.54, 1.807) is 13.3 Å². The molecule has 0 fully saturated rings. The van der Waals surface area contributed by atoms with Crippen LogP contribution in [0.4, 0.5) is 0 Å². The average molecular weight is 311 g/mol. The summed E-state index contributed by atoms with van der Waals surface area (Å²) in [6, 6.07) is 13.1. The van der Waals surface area contributed by atoms with Crippen molar-refractivity contribution in [3.8, 4) is 5.75 Å². The van der Waals surface area contributed by atoms with Gasteiger partial charge >= 0.3 is 0 Å². The molecular formula is C17H17N3O3. The van der Waals surface area contributed by atoms with Crippen molar-refractivity contribution in [2.75, 3.05) is 7.11 Å². The number of nitrogens with zero attached hydrogens (tertiary/aromatic N) is 2. The van der Waals surface area contributed by atoms with Crippen LogP contribution in [0, 0.1) is 0 Å². The monoisotopic (exact) mass is 311 g/mol. The fourth-order valence-electron chi connectivity index (χ4n) is 2.27. The van der Waals surface area contributed by atoms with E-state index in [0.29, 0.717) is 13.0 Å². The molecule has 1 aromatic carbocycles. The lowest BCUT2D eigenvalue weighted by Crippen LogP contribution is -2.34. The average Bonchev–Trinajstić information content (AvgIpc) is 3.11. The van der Waals surface area contributed by atoms with Gasteiger partial charge in [-0.3, -0.25) is 9.78 Å². The maximum atomic E-state index is 12.1. The molecule has 118 valence electrons. The third kappa shape index (κ3) is 3.66. The summed E-state index contributed by atoms with van der Waals surface area (Å²) in [5, 5.41) is 6.83. The SMILES string of the molecule is COc1ccc(C2=NOC(C(=O)NCc3ccccn3)C2)cc1. The second-order valence-corrected chi connectivity index (χ2v) is 5.10. The van der Waals surface area contributed by atoms with Gasteiger partial charge in [0.25, 0.3) is 5.91 Å². The normalized spacial score (nSPS) is 16.4. The molecule has 2 aromatic rings. The molecule has 0 saturated carbocycles. The number of benzene rings is 1. The summed E-state index contributed by atoms with van der Waals surface area (Å²) in [6.07, 6.45) is 1.54. The highest BCUT2D eigenvalue weighted by Crippen LogP contribution is 2.19. The van der Waals surface area contributed by atoms with Crippen LogP contribution in [-0.2, 0) is 16.2 Å². The molecule has 0 radical (unpaired) electrons. The van der Waals surface area contributed by atoms with Gasteiger partial charge in [0.2, 0.25) is 6.10 Å². The Morgan fingerprint density at radius 1 is 1.30 bits per heavy atom. The molecule has 0 spiro atoms. The zero-order valence-corrected chi connectivity index (χ0v) is 12.7. The van der Waals surface area contributed by atoms with Crippen molar-refractivity contribution in [2.45, 2.75) is 19.1 Å². The quantitative estimate of drug-likeness (QED) is 0.915. The van der Waals surface area contributed by atoms with E-state index in [0.717, 1.165) is 22.7 Å². The summed E-state index contributed by atoms with van der Waals surface area (Å²) in [7, 11) is 1.62. The number of nitrogens with one attached hydrogen (secondary N) is 1. The van der Waals surface area contributed by atoms with Crippen molar-refractivity contribution in [1.29, 1.82) is 0 Å². The molecule has 6 nitrogen and oxygen atoms in total. The number of ether oxygens (including phenoxy) is 1. The third-order valence-electron chi connectivity index (χ3n) is 3.55. The third-order valence-corrected chi connectivity index (χ3v) is 3.55. The summed E-state index contributed by atoms with van der Waals surface area (Å²) in [5.41, 5.74) is 2.48. The molecule has 0 aliphatic carbocycles. The van der Waals surface area contributed by atoms with Crippen molar-refractivity contribution in [2.24, 2.45) is 5.16 Å². The Kier molecular flexibility index (Phi) is 4.52. The first-order valence-corrected chi connectivity index (χ1v) is 7.31.